The number of fused-ring (bicyclic) bond motifs is 6. The van der Waals surface area contributed by atoms with Gasteiger partial charge in [0.2, 0.25) is 0 Å². The van der Waals surface area contributed by atoms with E-state index in [1.165, 1.54) is 43.1 Å². The number of hydrogen-bond donors (Lipinski definition) is 0. The molecule has 0 heterocycles. The Morgan fingerprint density at radius 1 is 0.467 bits per heavy atom. The molecule has 0 radical (unpaired) electrons. The first kappa shape index (κ1) is 21.2. The second kappa shape index (κ2) is 9.84. The normalized spacial score (nSPS) is 10.5. The summed E-state index contributed by atoms with van der Waals surface area (Å²) in [5.41, 5.74) is 0. The van der Waals surface area contributed by atoms with E-state index in [-0.39, 0.29) is 0 Å². The van der Waals surface area contributed by atoms with Gasteiger partial charge < -0.3 is 0 Å². The average Bonchev–Trinajstić information content (AvgIpc) is 3.32. The monoisotopic (exact) mass is 504 g/mol. The molecule has 0 fully saturated rings. The summed E-state index contributed by atoms with van der Waals surface area (Å²) < 4.78 is 3.37. The molecule has 0 bridgehead atoms. The minimum Gasteiger partial charge on any atom is -0.126 e. The van der Waals surface area contributed by atoms with Crippen molar-refractivity contribution in [1.82, 2.24) is 0 Å². The van der Waals surface area contributed by atoms with Crippen molar-refractivity contribution < 1.29 is 18.9 Å². The second-order valence-electron chi connectivity index (χ2n) is 6.98. The Kier molecular flexibility index (Phi) is 6.95. The second-order valence-corrected chi connectivity index (χ2v) is 15.2. The maximum atomic E-state index is 5.13. The van der Waals surface area contributed by atoms with E-state index >= 15 is 0 Å². The van der Waals surface area contributed by atoms with Gasteiger partial charge in [-0.05, 0) is 0 Å². The molecule has 6 aromatic rings. The van der Waals surface area contributed by atoms with Crippen LogP contribution < -0.4 is 0 Å². The zero-order valence-electron chi connectivity index (χ0n) is 16.4. The third-order valence-corrected chi connectivity index (χ3v) is 5.05. The molecule has 0 atom stereocenters. The summed E-state index contributed by atoms with van der Waals surface area (Å²) in [7, 11) is 10.3. The fourth-order valence-corrected chi connectivity index (χ4v) is 3.81. The minimum atomic E-state index is -1.85. The van der Waals surface area contributed by atoms with Crippen LogP contribution in [0.4, 0.5) is 0 Å². The molecule has 148 valence electrons. The smallest absolute Gasteiger partial charge is 0.0771 e. The van der Waals surface area contributed by atoms with E-state index in [1.807, 2.05) is 0 Å². The Morgan fingerprint density at radius 3 is 0.900 bits per heavy atom. The van der Waals surface area contributed by atoms with Crippen LogP contribution in [0.15, 0.2) is 109 Å². The fourth-order valence-electron chi connectivity index (χ4n) is 3.81. The van der Waals surface area contributed by atoms with Crippen molar-refractivity contribution in [1.29, 1.82) is 0 Å². The molecule has 0 unspecified atom stereocenters. The molecule has 0 amide bonds. The molecule has 0 aliphatic rings. The number of hydrogen-bond acceptors (Lipinski definition) is 0. The van der Waals surface area contributed by atoms with E-state index in [1.54, 1.807) is 0 Å². The van der Waals surface area contributed by atoms with E-state index in [9.17, 15) is 0 Å². The van der Waals surface area contributed by atoms with Gasteiger partial charge in [-0.2, -0.15) is 0 Å². The van der Waals surface area contributed by atoms with Gasteiger partial charge in [-0.15, -0.1) is 79.5 Å². The Balaban J connectivity index is 0.000000124. The van der Waals surface area contributed by atoms with Crippen molar-refractivity contribution in [2.45, 2.75) is 0 Å². The third kappa shape index (κ3) is 4.81. The first-order valence-corrected chi connectivity index (χ1v) is 17.8. The van der Waals surface area contributed by atoms with Crippen LogP contribution in [0.3, 0.4) is 0 Å². The van der Waals surface area contributed by atoms with Crippen LogP contribution in [0.25, 0.3) is 43.1 Å². The molecule has 30 heavy (non-hydrogen) atoms. The van der Waals surface area contributed by atoms with Crippen LogP contribution >= 0.6 is 17.0 Å². The molecule has 0 aliphatic heterocycles. The van der Waals surface area contributed by atoms with Crippen LogP contribution in [0, 0.1) is 0 Å². The van der Waals surface area contributed by atoms with Crippen LogP contribution in [-0.4, -0.2) is 4.21 Å². The van der Waals surface area contributed by atoms with Gasteiger partial charge in [0.15, 0.2) is 0 Å². The van der Waals surface area contributed by atoms with Gasteiger partial charge in [-0.1, -0.05) is 72.8 Å². The molecule has 6 aromatic carbocycles. The summed E-state index contributed by atoms with van der Waals surface area (Å²) in [4.78, 5) is 0. The topological polar surface area (TPSA) is 0 Å². The Bertz CT molecular complexity index is 1230. The molecule has 0 nitrogen and oxygen atoms in total. The van der Waals surface area contributed by atoms with Crippen molar-refractivity contribution in [3.63, 3.8) is 0 Å². The van der Waals surface area contributed by atoms with Crippen LogP contribution in [0.2, 0.25) is 0 Å². The SMILES string of the molecule is [CH2]=[Zr]([Cl])[Cl].c1ccc2c(c1)[cH-]c1ccccc12.c1ccc2c(c1)[cH-]c1ccccc12. The third-order valence-electron chi connectivity index (χ3n) is 5.05. The van der Waals surface area contributed by atoms with E-state index < -0.39 is 18.9 Å². The summed E-state index contributed by atoms with van der Waals surface area (Å²) in [6.07, 6.45) is 0. The maximum absolute atomic E-state index is 5.13. The predicted molar refractivity (Wildman–Crippen MR) is 133 cm³/mol. The van der Waals surface area contributed by atoms with Gasteiger partial charge >= 0.3 is 40.1 Å². The van der Waals surface area contributed by atoms with Crippen molar-refractivity contribution in [3.8, 4) is 0 Å². The molecular weight excluding hydrogens is 486 g/mol. The van der Waals surface area contributed by atoms with Gasteiger partial charge in [-0.25, -0.2) is 0 Å². The van der Waals surface area contributed by atoms with E-state index in [2.05, 4.69) is 113 Å². The van der Waals surface area contributed by atoms with Gasteiger partial charge in [0, 0.05) is 0 Å². The quantitative estimate of drug-likeness (QED) is 0.181. The van der Waals surface area contributed by atoms with E-state index in [4.69, 9.17) is 17.0 Å². The molecule has 0 aromatic heterocycles. The Labute approximate surface area is 191 Å². The first-order valence-electron chi connectivity index (χ1n) is 9.70. The van der Waals surface area contributed by atoms with Gasteiger partial charge in [0.05, 0.1) is 0 Å². The van der Waals surface area contributed by atoms with Gasteiger partial charge in [-0.3, -0.25) is 0 Å². The molecule has 0 saturated heterocycles. The van der Waals surface area contributed by atoms with Crippen molar-refractivity contribution >= 4 is 64.3 Å². The predicted octanol–water partition coefficient (Wildman–Crippen LogP) is 8.77. The van der Waals surface area contributed by atoms with Crippen molar-refractivity contribution in [2.24, 2.45) is 0 Å². The standard InChI is InChI=1S/2C13H9.CH2.2ClH.Zr/c2*1-3-7-12-10(5-1)9-11-6-2-4-8-13(11)12;;;;/h2*1-9H;1H2;2*1H;/q2*-1;;;;+2/p-2. The summed E-state index contributed by atoms with van der Waals surface area (Å²) >= 11 is -1.85. The molecule has 3 heteroatoms. The molecule has 0 spiro atoms. The van der Waals surface area contributed by atoms with E-state index in [0.717, 1.165) is 0 Å². The molecule has 0 aliphatic carbocycles. The first-order chi connectivity index (χ1) is 14.6. The molecule has 6 rings (SSSR count). The van der Waals surface area contributed by atoms with E-state index in [0.29, 0.717) is 0 Å². The minimum absolute atomic E-state index is 1.34. The largest absolute Gasteiger partial charge is 0.126 e. The summed E-state index contributed by atoms with van der Waals surface area (Å²) in [5.74, 6) is 0. The van der Waals surface area contributed by atoms with Crippen LogP contribution in [-0.2, 0) is 18.9 Å². The fraction of sp³-hybridized carbons (Fsp3) is 0. The molecular formula is C27H20Cl2Zr-2. The summed E-state index contributed by atoms with van der Waals surface area (Å²) in [6.45, 7) is 0. The number of benzene rings is 4. The Hall–Kier alpha value is -2.05. The summed E-state index contributed by atoms with van der Waals surface area (Å²) in [5, 5.41) is 10.8. The maximum Gasteiger partial charge on any atom is -0.0771 e. The average molecular weight is 507 g/mol. The zero-order valence-corrected chi connectivity index (χ0v) is 20.3. The Morgan fingerprint density at radius 2 is 0.667 bits per heavy atom. The zero-order chi connectivity index (χ0) is 20.9. The van der Waals surface area contributed by atoms with Crippen molar-refractivity contribution in [2.75, 3.05) is 0 Å². The van der Waals surface area contributed by atoms with Crippen molar-refractivity contribution in [3.05, 3.63) is 109 Å². The number of rotatable bonds is 0. The van der Waals surface area contributed by atoms with Crippen LogP contribution in [0.1, 0.15) is 0 Å². The van der Waals surface area contributed by atoms with Crippen LogP contribution in [0.5, 0.6) is 0 Å². The number of halogens is 2. The van der Waals surface area contributed by atoms with Gasteiger partial charge in [0.1, 0.15) is 0 Å². The summed E-state index contributed by atoms with van der Waals surface area (Å²) in [6, 6.07) is 38.5. The molecule has 0 N–H and O–H groups in total. The molecule has 0 saturated carbocycles. The van der Waals surface area contributed by atoms with Gasteiger partial charge in [0.25, 0.3) is 0 Å².